The van der Waals surface area contributed by atoms with Crippen LogP contribution in [0.2, 0.25) is 0 Å². The highest BCUT2D eigenvalue weighted by molar-refractivity contribution is 7.99. The van der Waals surface area contributed by atoms with Crippen molar-refractivity contribution in [2.75, 3.05) is 24.6 Å². The molecule has 1 rings (SSSR count). The van der Waals surface area contributed by atoms with Gasteiger partial charge in [0.05, 0.1) is 6.54 Å². The van der Waals surface area contributed by atoms with Crippen molar-refractivity contribution in [2.45, 2.75) is 32.0 Å². The molecule has 0 radical (unpaired) electrons. The topological polar surface area (TPSA) is 38.0 Å². The van der Waals surface area contributed by atoms with Crippen LogP contribution < -0.4 is 11.1 Å². The average Bonchev–Trinajstić information content (AvgIpc) is 2.12. The minimum atomic E-state index is -4.17. The van der Waals surface area contributed by atoms with Gasteiger partial charge in [0.1, 0.15) is 0 Å². The second-order valence-electron chi connectivity index (χ2n) is 5.29. The lowest BCUT2D eigenvalue weighted by Crippen LogP contribution is -2.59. The largest absolute Gasteiger partial charge is 0.401 e. The van der Waals surface area contributed by atoms with E-state index in [0.717, 1.165) is 5.75 Å². The monoisotopic (exact) mass is 256 g/mol. The lowest BCUT2D eigenvalue weighted by atomic mass is 9.80. The Labute approximate surface area is 98.5 Å². The first-order valence-electron chi connectivity index (χ1n) is 5.28. The predicted octanol–water partition coefficient (Wildman–Crippen LogP) is 2.00. The fourth-order valence-corrected chi connectivity index (χ4v) is 3.61. The van der Waals surface area contributed by atoms with E-state index in [-0.39, 0.29) is 12.0 Å². The second kappa shape index (κ2) is 4.74. The molecule has 1 unspecified atom stereocenters. The van der Waals surface area contributed by atoms with E-state index >= 15 is 0 Å². The summed E-state index contributed by atoms with van der Waals surface area (Å²) in [5.74, 6) is 1.63. The number of nitrogens with one attached hydrogen (secondary N) is 1. The van der Waals surface area contributed by atoms with Crippen molar-refractivity contribution in [3.63, 3.8) is 0 Å². The number of halogens is 3. The van der Waals surface area contributed by atoms with E-state index in [1.807, 2.05) is 0 Å². The highest BCUT2D eigenvalue weighted by Crippen LogP contribution is 2.39. The molecular weight excluding hydrogens is 237 g/mol. The van der Waals surface area contributed by atoms with Crippen LogP contribution in [0, 0.1) is 5.41 Å². The van der Waals surface area contributed by atoms with Crippen LogP contribution >= 0.6 is 11.8 Å². The number of alkyl halides is 3. The van der Waals surface area contributed by atoms with Gasteiger partial charge in [-0.2, -0.15) is 24.9 Å². The van der Waals surface area contributed by atoms with Crippen molar-refractivity contribution in [2.24, 2.45) is 11.1 Å². The van der Waals surface area contributed by atoms with Crippen molar-refractivity contribution in [3.05, 3.63) is 0 Å². The first-order chi connectivity index (χ1) is 7.18. The van der Waals surface area contributed by atoms with Crippen LogP contribution in [-0.2, 0) is 0 Å². The molecule has 0 saturated carbocycles. The molecule has 0 aromatic rings. The molecule has 2 nitrogen and oxygen atoms in total. The van der Waals surface area contributed by atoms with E-state index in [9.17, 15) is 13.2 Å². The van der Waals surface area contributed by atoms with Crippen LogP contribution in [-0.4, -0.2) is 36.3 Å². The van der Waals surface area contributed by atoms with Gasteiger partial charge in [0, 0.05) is 17.8 Å². The van der Waals surface area contributed by atoms with Gasteiger partial charge in [0.2, 0.25) is 0 Å². The number of hydrogen-bond acceptors (Lipinski definition) is 3. The van der Waals surface area contributed by atoms with E-state index in [2.05, 4.69) is 19.2 Å². The molecule has 96 valence electrons. The summed E-state index contributed by atoms with van der Waals surface area (Å²) in [6, 6.07) is 0. The van der Waals surface area contributed by atoms with Crippen molar-refractivity contribution < 1.29 is 13.2 Å². The summed E-state index contributed by atoms with van der Waals surface area (Å²) in [6.07, 6.45) is -3.48. The molecule has 1 atom stereocenters. The minimum Gasteiger partial charge on any atom is -0.329 e. The smallest absolute Gasteiger partial charge is 0.329 e. The zero-order valence-electron chi connectivity index (χ0n) is 9.66. The molecule has 0 aromatic carbocycles. The van der Waals surface area contributed by atoms with Gasteiger partial charge in [-0.1, -0.05) is 13.8 Å². The Morgan fingerprint density at radius 1 is 1.31 bits per heavy atom. The van der Waals surface area contributed by atoms with Crippen LogP contribution in [0.5, 0.6) is 0 Å². The molecule has 1 fully saturated rings. The van der Waals surface area contributed by atoms with Crippen LogP contribution in [0.4, 0.5) is 13.2 Å². The first-order valence-corrected chi connectivity index (χ1v) is 6.43. The second-order valence-corrected chi connectivity index (χ2v) is 6.27. The Bertz CT molecular complexity index is 243. The summed E-state index contributed by atoms with van der Waals surface area (Å²) in [5, 5.41) is 2.61. The number of thioether (sulfide) groups is 1. The normalized spacial score (nSPS) is 30.4. The fourth-order valence-electron chi connectivity index (χ4n) is 2.15. The number of rotatable bonds is 3. The molecular formula is C10H19F3N2S. The zero-order valence-corrected chi connectivity index (χ0v) is 10.5. The Morgan fingerprint density at radius 3 is 2.38 bits per heavy atom. The van der Waals surface area contributed by atoms with E-state index in [0.29, 0.717) is 12.2 Å². The third kappa shape index (κ3) is 4.14. The lowest BCUT2D eigenvalue weighted by molar-refractivity contribution is -0.129. The summed E-state index contributed by atoms with van der Waals surface area (Å²) >= 11 is 1.67. The van der Waals surface area contributed by atoms with Gasteiger partial charge >= 0.3 is 6.18 Å². The molecule has 6 heteroatoms. The molecule has 0 aliphatic carbocycles. The standard InChI is InChI=1S/C10H19F3N2S/c1-8(2)3-9(4-14,7-16-6-8)15-5-10(11,12)13/h15H,3-7,14H2,1-2H3. The molecule has 0 bridgehead atoms. The Balaban J connectivity index is 2.63. The maximum atomic E-state index is 12.2. The van der Waals surface area contributed by atoms with Crippen molar-refractivity contribution in [1.82, 2.24) is 5.32 Å². The quantitative estimate of drug-likeness (QED) is 0.811. The van der Waals surface area contributed by atoms with E-state index in [1.54, 1.807) is 11.8 Å². The van der Waals surface area contributed by atoms with Crippen molar-refractivity contribution in [3.8, 4) is 0 Å². The van der Waals surface area contributed by atoms with Crippen LogP contribution in [0.3, 0.4) is 0 Å². The molecule has 1 heterocycles. The molecule has 0 amide bonds. The van der Waals surface area contributed by atoms with Crippen LogP contribution in [0.25, 0.3) is 0 Å². The Hall–Kier alpha value is 0.0600. The molecule has 1 aliphatic heterocycles. The minimum absolute atomic E-state index is 0.0425. The summed E-state index contributed by atoms with van der Waals surface area (Å²) < 4.78 is 36.6. The number of nitrogens with two attached hydrogens (primary N) is 1. The van der Waals surface area contributed by atoms with E-state index in [4.69, 9.17) is 5.73 Å². The van der Waals surface area contributed by atoms with Crippen molar-refractivity contribution in [1.29, 1.82) is 0 Å². The predicted molar refractivity (Wildman–Crippen MR) is 61.6 cm³/mol. The summed E-state index contributed by atoms with van der Waals surface area (Å²) in [6.45, 7) is 3.43. The van der Waals surface area contributed by atoms with E-state index in [1.165, 1.54) is 0 Å². The number of hydrogen-bond donors (Lipinski definition) is 2. The molecule has 3 N–H and O–H groups in total. The molecule has 1 aliphatic rings. The van der Waals surface area contributed by atoms with Gasteiger partial charge in [0.15, 0.2) is 0 Å². The van der Waals surface area contributed by atoms with Gasteiger partial charge in [-0.3, -0.25) is 0 Å². The molecule has 16 heavy (non-hydrogen) atoms. The van der Waals surface area contributed by atoms with Crippen LogP contribution in [0.1, 0.15) is 20.3 Å². The highest BCUT2D eigenvalue weighted by Gasteiger charge is 2.41. The zero-order chi connectivity index (χ0) is 12.4. The van der Waals surface area contributed by atoms with Gasteiger partial charge < -0.3 is 11.1 Å². The maximum Gasteiger partial charge on any atom is 0.401 e. The average molecular weight is 256 g/mol. The maximum absolute atomic E-state index is 12.2. The fraction of sp³-hybridized carbons (Fsp3) is 1.00. The lowest BCUT2D eigenvalue weighted by Gasteiger charge is -2.44. The van der Waals surface area contributed by atoms with Gasteiger partial charge in [0.25, 0.3) is 0 Å². The highest BCUT2D eigenvalue weighted by atomic mass is 32.2. The van der Waals surface area contributed by atoms with Gasteiger partial charge in [-0.15, -0.1) is 0 Å². The molecule has 0 aromatic heterocycles. The van der Waals surface area contributed by atoms with Gasteiger partial charge in [-0.05, 0) is 17.6 Å². The Kier molecular flexibility index (Phi) is 4.18. The third-order valence-electron chi connectivity index (χ3n) is 2.74. The summed E-state index contributed by atoms with van der Waals surface area (Å²) in [7, 11) is 0. The molecule has 1 saturated heterocycles. The summed E-state index contributed by atoms with van der Waals surface area (Å²) in [4.78, 5) is 0. The van der Waals surface area contributed by atoms with Gasteiger partial charge in [-0.25, -0.2) is 0 Å². The molecule has 0 spiro atoms. The first kappa shape index (κ1) is 14.1. The van der Waals surface area contributed by atoms with Crippen LogP contribution in [0.15, 0.2) is 0 Å². The Morgan fingerprint density at radius 2 is 1.94 bits per heavy atom. The SMILES string of the molecule is CC1(C)CSCC(CN)(NCC(F)(F)F)C1. The van der Waals surface area contributed by atoms with Crippen molar-refractivity contribution >= 4 is 11.8 Å². The van der Waals surface area contributed by atoms with E-state index < -0.39 is 18.3 Å². The third-order valence-corrected chi connectivity index (χ3v) is 4.48. The summed E-state index contributed by atoms with van der Waals surface area (Å²) in [5.41, 5.74) is 5.12.